The molecule has 1 amide bonds. The molecule has 3 nitrogen and oxygen atoms in total. The van der Waals surface area contributed by atoms with Crippen molar-refractivity contribution in [3.05, 3.63) is 34.9 Å². The van der Waals surface area contributed by atoms with Crippen molar-refractivity contribution in [3.63, 3.8) is 0 Å². The normalized spacial score (nSPS) is 16.1. The largest absolute Gasteiger partial charge is 0.348 e. The summed E-state index contributed by atoms with van der Waals surface area (Å²) in [6.45, 7) is 3.42. The van der Waals surface area contributed by atoms with E-state index in [1.165, 1.54) is 12.8 Å². The van der Waals surface area contributed by atoms with Crippen LogP contribution in [-0.2, 0) is 4.79 Å². The van der Waals surface area contributed by atoms with Crippen LogP contribution < -0.4 is 10.6 Å². The molecule has 0 radical (unpaired) electrons. The van der Waals surface area contributed by atoms with E-state index in [0.29, 0.717) is 11.6 Å². The number of carbonyl (C=O) groups is 1. The Balaban J connectivity index is 1.81. The van der Waals surface area contributed by atoms with Crippen LogP contribution in [0.15, 0.2) is 24.3 Å². The highest BCUT2D eigenvalue weighted by atomic mass is 35.5. The first-order valence-corrected chi connectivity index (χ1v) is 7.32. The third-order valence-electron chi connectivity index (χ3n) is 3.41. The summed E-state index contributed by atoms with van der Waals surface area (Å²) in [5.74, 6) is 0.843. The van der Waals surface area contributed by atoms with Crippen molar-refractivity contribution in [3.8, 4) is 0 Å². The van der Waals surface area contributed by atoms with E-state index >= 15 is 0 Å². The maximum Gasteiger partial charge on any atom is 0.234 e. The van der Waals surface area contributed by atoms with Crippen LogP contribution in [0.1, 0.15) is 37.8 Å². The summed E-state index contributed by atoms with van der Waals surface area (Å²) in [7, 11) is 0. The van der Waals surface area contributed by atoms with Crippen LogP contribution in [0, 0.1) is 5.92 Å². The van der Waals surface area contributed by atoms with Crippen molar-refractivity contribution in [1.29, 1.82) is 0 Å². The van der Waals surface area contributed by atoms with Gasteiger partial charge in [-0.3, -0.25) is 4.79 Å². The van der Waals surface area contributed by atoms with Gasteiger partial charge in [0.05, 0.1) is 12.6 Å². The molecule has 1 atom stereocenters. The fourth-order valence-corrected chi connectivity index (χ4v) is 2.30. The number of hydrogen-bond acceptors (Lipinski definition) is 2. The molecule has 1 saturated carbocycles. The first-order chi connectivity index (χ1) is 9.19. The van der Waals surface area contributed by atoms with E-state index in [2.05, 4.69) is 17.6 Å². The summed E-state index contributed by atoms with van der Waals surface area (Å²) < 4.78 is 0. The second-order valence-electron chi connectivity index (χ2n) is 5.16. The Morgan fingerprint density at radius 2 is 2.26 bits per heavy atom. The minimum absolute atomic E-state index is 0.0360. The predicted molar refractivity (Wildman–Crippen MR) is 78.2 cm³/mol. The second-order valence-corrected chi connectivity index (χ2v) is 5.59. The van der Waals surface area contributed by atoms with E-state index in [-0.39, 0.29) is 11.9 Å². The summed E-state index contributed by atoms with van der Waals surface area (Å²) in [4.78, 5) is 11.9. The Bertz CT molecular complexity index is 432. The first-order valence-electron chi connectivity index (χ1n) is 6.94. The minimum atomic E-state index is 0.0360. The van der Waals surface area contributed by atoms with Crippen LogP contribution in [0.3, 0.4) is 0 Å². The molecule has 1 unspecified atom stereocenters. The van der Waals surface area contributed by atoms with E-state index in [1.54, 1.807) is 0 Å². The maximum atomic E-state index is 11.9. The highest BCUT2D eigenvalue weighted by Crippen LogP contribution is 2.27. The van der Waals surface area contributed by atoms with Crippen LogP contribution in [-0.4, -0.2) is 19.0 Å². The van der Waals surface area contributed by atoms with Crippen molar-refractivity contribution in [1.82, 2.24) is 10.6 Å². The van der Waals surface area contributed by atoms with Crippen molar-refractivity contribution in [2.24, 2.45) is 5.92 Å². The van der Waals surface area contributed by atoms with Crippen LogP contribution in [0.5, 0.6) is 0 Å². The van der Waals surface area contributed by atoms with Gasteiger partial charge in [-0.2, -0.15) is 0 Å². The molecule has 1 aromatic rings. The van der Waals surface area contributed by atoms with E-state index in [1.807, 2.05) is 24.3 Å². The van der Waals surface area contributed by atoms with Gasteiger partial charge in [-0.15, -0.1) is 0 Å². The third-order valence-corrected chi connectivity index (χ3v) is 3.65. The van der Waals surface area contributed by atoms with Crippen molar-refractivity contribution in [2.75, 3.05) is 13.1 Å². The molecule has 2 rings (SSSR count). The fraction of sp³-hybridized carbons (Fsp3) is 0.533. The molecule has 1 fully saturated rings. The molecule has 1 aliphatic rings. The standard InChI is InChI=1S/C15H21ClN2O/c1-2-14(12-4-3-5-13(16)8-12)18-15(19)10-17-9-11-6-7-11/h3-5,8,11,14,17H,2,6-7,9-10H2,1H3,(H,18,19). The van der Waals surface area contributed by atoms with Gasteiger partial charge < -0.3 is 10.6 Å². The van der Waals surface area contributed by atoms with E-state index in [4.69, 9.17) is 11.6 Å². The molecule has 4 heteroatoms. The zero-order valence-corrected chi connectivity index (χ0v) is 12.0. The van der Waals surface area contributed by atoms with Gasteiger partial charge in [0.2, 0.25) is 5.91 Å². The number of hydrogen-bond donors (Lipinski definition) is 2. The van der Waals surface area contributed by atoms with Crippen LogP contribution in [0.2, 0.25) is 5.02 Å². The van der Waals surface area contributed by atoms with Gasteiger partial charge in [0.15, 0.2) is 0 Å². The topological polar surface area (TPSA) is 41.1 Å². The van der Waals surface area contributed by atoms with E-state index < -0.39 is 0 Å². The van der Waals surface area contributed by atoms with Gasteiger partial charge in [0.25, 0.3) is 0 Å². The summed E-state index contributed by atoms with van der Waals surface area (Å²) >= 11 is 5.98. The van der Waals surface area contributed by atoms with Crippen molar-refractivity contribution in [2.45, 2.75) is 32.2 Å². The van der Waals surface area contributed by atoms with Gasteiger partial charge >= 0.3 is 0 Å². The van der Waals surface area contributed by atoms with E-state index in [9.17, 15) is 4.79 Å². The second kappa shape index (κ2) is 6.92. The number of rotatable bonds is 7. The molecule has 1 aromatic carbocycles. The first kappa shape index (κ1) is 14.4. The molecule has 0 heterocycles. The Morgan fingerprint density at radius 3 is 2.89 bits per heavy atom. The summed E-state index contributed by atoms with van der Waals surface area (Å²) in [6.07, 6.45) is 3.46. The van der Waals surface area contributed by atoms with Gasteiger partial charge in [-0.1, -0.05) is 30.7 Å². The quantitative estimate of drug-likeness (QED) is 0.806. The molecular formula is C15H21ClN2O. The molecule has 0 spiro atoms. The van der Waals surface area contributed by atoms with Gasteiger partial charge in [-0.25, -0.2) is 0 Å². The lowest BCUT2D eigenvalue weighted by Crippen LogP contribution is -2.36. The van der Waals surface area contributed by atoms with Crippen LogP contribution >= 0.6 is 11.6 Å². The van der Waals surface area contributed by atoms with Gasteiger partial charge in [-0.05, 0) is 49.4 Å². The molecule has 0 aromatic heterocycles. The van der Waals surface area contributed by atoms with Crippen LogP contribution in [0.4, 0.5) is 0 Å². The summed E-state index contributed by atoms with van der Waals surface area (Å²) in [5, 5.41) is 6.95. The summed E-state index contributed by atoms with van der Waals surface area (Å²) in [5.41, 5.74) is 1.06. The Kier molecular flexibility index (Phi) is 5.23. The predicted octanol–water partition coefficient (Wildman–Crippen LogP) is 2.91. The van der Waals surface area contributed by atoms with Crippen molar-refractivity contribution < 1.29 is 4.79 Å². The highest BCUT2D eigenvalue weighted by molar-refractivity contribution is 6.30. The molecule has 2 N–H and O–H groups in total. The van der Waals surface area contributed by atoms with Crippen molar-refractivity contribution >= 4 is 17.5 Å². The van der Waals surface area contributed by atoms with Crippen LogP contribution in [0.25, 0.3) is 0 Å². The zero-order chi connectivity index (χ0) is 13.7. The average Bonchev–Trinajstić information content (AvgIpc) is 3.20. The number of carbonyl (C=O) groups excluding carboxylic acids is 1. The average molecular weight is 281 g/mol. The van der Waals surface area contributed by atoms with Gasteiger partial charge in [0, 0.05) is 5.02 Å². The Hall–Kier alpha value is -1.06. The lowest BCUT2D eigenvalue weighted by atomic mass is 10.0. The minimum Gasteiger partial charge on any atom is -0.348 e. The molecule has 0 saturated heterocycles. The molecular weight excluding hydrogens is 260 g/mol. The molecule has 0 aliphatic heterocycles. The number of nitrogens with one attached hydrogen (secondary N) is 2. The smallest absolute Gasteiger partial charge is 0.234 e. The summed E-state index contributed by atoms with van der Waals surface area (Å²) in [6, 6.07) is 7.70. The zero-order valence-electron chi connectivity index (χ0n) is 11.3. The lowest BCUT2D eigenvalue weighted by molar-refractivity contribution is -0.121. The van der Waals surface area contributed by atoms with Gasteiger partial charge in [0.1, 0.15) is 0 Å². The number of amides is 1. The highest BCUT2D eigenvalue weighted by Gasteiger charge is 2.21. The Labute approximate surface area is 119 Å². The SMILES string of the molecule is CCC(NC(=O)CNCC1CC1)c1cccc(Cl)c1. The molecule has 1 aliphatic carbocycles. The maximum absolute atomic E-state index is 11.9. The fourth-order valence-electron chi connectivity index (χ4n) is 2.10. The molecule has 104 valence electrons. The lowest BCUT2D eigenvalue weighted by Gasteiger charge is -2.18. The molecule has 19 heavy (non-hydrogen) atoms. The number of halogens is 1. The monoisotopic (exact) mass is 280 g/mol. The molecule has 0 bridgehead atoms. The van der Waals surface area contributed by atoms with E-state index in [0.717, 1.165) is 24.4 Å². The third kappa shape index (κ3) is 4.84. The number of benzene rings is 1. The Morgan fingerprint density at radius 1 is 1.47 bits per heavy atom.